The molecule has 6 heteroatoms. The van der Waals surface area contributed by atoms with Gasteiger partial charge < -0.3 is 10.6 Å². The predicted octanol–water partition coefficient (Wildman–Crippen LogP) is -0.161. The van der Waals surface area contributed by atoms with Gasteiger partial charge in [-0.2, -0.15) is 0 Å². The molecule has 0 unspecified atom stereocenters. The molecule has 2 aromatic heterocycles. The normalized spacial score (nSPS) is 10.6. The minimum absolute atomic E-state index is 0.103. The minimum atomic E-state index is -0.111. The molecule has 0 bridgehead atoms. The number of carbonyl (C=O) groups is 1. The number of carbonyl (C=O) groups excluding carboxylic acids is 1. The molecule has 0 fully saturated rings. The van der Waals surface area contributed by atoms with Gasteiger partial charge in [0.1, 0.15) is 5.65 Å². The van der Waals surface area contributed by atoms with Crippen LogP contribution in [0.15, 0.2) is 29.1 Å². The number of hydrogen-bond donors (Lipinski definition) is 2. The largest absolute Gasteiger partial charge is 0.358 e. The Hall–Kier alpha value is -2.21. The van der Waals surface area contributed by atoms with Crippen LogP contribution in [0.4, 0.5) is 0 Å². The van der Waals surface area contributed by atoms with E-state index in [0.29, 0.717) is 17.9 Å². The van der Waals surface area contributed by atoms with E-state index in [9.17, 15) is 9.59 Å². The van der Waals surface area contributed by atoms with Crippen LogP contribution < -0.4 is 16.2 Å². The minimum Gasteiger partial charge on any atom is -0.358 e. The third-order valence-electron chi connectivity index (χ3n) is 2.80. The van der Waals surface area contributed by atoms with E-state index >= 15 is 0 Å². The van der Waals surface area contributed by atoms with Crippen molar-refractivity contribution in [3.63, 3.8) is 0 Å². The molecule has 0 aliphatic heterocycles. The number of pyridine rings is 1. The van der Waals surface area contributed by atoms with Gasteiger partial charge in [-0.1, -0.05) is 6.07 Å². The van der Waals surface area contributed by atoms with Gasteiger partial charge in [0, 0.05) is 25.4 Å². The average Bonchev–Trinajstić information content (AvgIpc) is 2.38. The summed E-state index contributed by atoms with van der Waals surface area (Å²) in [6, 6.07) is 6.99. The molecule has 100 valence electrons. The lowest BCUT2D eigenvalue weighted by Crippen LogP contribution is -2.31. The van der Waals surface area contributed by atoms with Crippen molar-refractivity contribution in [3.8, 4) is 0 Å². The maximum Gasteiger partial charge on any atom is 0.258 e. The highest BCUT2D eigenvalue weighted by atomic mass is 16.1. The van der Waals surface area contributed by atoms with Crippen LogP contribution in [-0.4, -0.2) is 28.9 Å². The lowest BCUT2D eigenvalue weighted by atomic mass is 10.3. The number of likely N-dealkylation sites (N-methyl/N-ethyl adjacent to an activating group) is 1. The first-order chi connectivity index (χ1) is 9.11. The number of aromatic nitrogens is 2. The summed E-state index contributed by atoms with van der Waals surface area (Å²) in [5.74, 6) is -0.103. The summed E-state index contributed by atoms with van der Waals surface area (Å²) < 4.78 is 1.56. The Labute approximate surface area is 110 Å². The second-order valence-electron chi connectivity index (χ2n) is 4.22. The van der Waals surface area contributed by atoms with Crippen LogP contribution in [0.25, 0.3) is 5.65 Å². The van der Waals surface area contributed by atoms with Gasteiger partial charge in [-0.05, 0) is 19.1 Å². The Bertz CT molecular complexity index is 663. The van der Waals surface area contributed by atoms with Crippen LogP contribution in [-0.2, 0) is 11.3 Å². The number of amides is 1. The molecule has 0 spiro atoms. The first kappa shape index (κ1) is 13.2. The number of nitrogens with zero attached hydrogens (tertiary/aromatic N) is 2. The third kappa shape index (κ3) is 2.97. The fourth-order valence-electron chi connectivity index (χ4n) is 1.85. The van der Waals surface area contributed by atoms with Crippen molar-refractivity contribution in [2.75, 3.05) is 13.6 Å². The van der Waals surface area contributed by atoms with Crippen molar-refractivity contribution in [3.05, 3.63) is 46.0 Å². The predicted molar refractivity (Wildman–Crippen MR) is 72.0 cm³/mol. The van der Waals surface area contributed by atoms with Crippen LogP contribution in [0.2, 0.25) is 0 Å². The molecule has 1 amide bonds. The van der Waals surface area contributed by atoms with E-state index in [2.05, 4.69) is 15.6 Å². The van der Waals surface area contributed by atoms with Crippen molar-refractivity contribution in [2.24, 2.45) is 0 Å². The van der Waals surface area contributed by atoms with Crippen LogP contribution in [0.3, 0.4) is 0 Å². The highest BCUT2D eigenvalue weighted by molar-refractivity contribution is 5.77. The molecule has 2 N–H and O–H groups in total. The van der Waals surface area contributed by atoms with E-state index in [4.69, 9.17) is 0 Å². The van der Waals surface area contributed by atoms with Crippen molar-refractivity contribution in [1.82, 2.24) is 20.0 Å². The fraction of sp³-hybridized carbons (Fsp3) is 0.308. The summed E-state index contributed by atoms with van der Waals surface area (Å²) in [6.07, 6.45) is 0. The van der Waals surface area contributed by atoms with E-state index in [1.54, 1.807) is 17.5 Å². The Morgan fingerprint density at radius 2 is 2.21 bits per heavy atom. The maximum absolute atomic E-state index is 12.0. The van der Waals surface area contributed by atoms with Crippen molar-refractivity contribution in [1.29, 1.82) is 0 Å². The fourth-order valence-corrected chi connectivity index (χ4v) is 1.85. The molecule has 0 radical (unpaired) electrons. The van der Waals surface area contributed by atoms with Crippen LogP contribution >= 0.6 is 0 Å². The molecule has 2 rings (SSSR count). The summed E-state index contributed by atoms with van der Waals surface area (Å²) in [6.45, 7) is 2.44. The number of aryl methyl sites for hydroxylation is 1. The van der Waals surface area contributed by atoms with Gasteiger partial charge in [0.15, 0.2) is 0 Å². The van der Waals surface area contributed by atoms with Crippen LogP contribution in [0.1, 0.15) is 11.4 Å². The standard InChI is InChI=1S/C13H16N4O2/c1-9-4-3-5-11-16-10(6-13(19)17(9)11)7-15-8-12(18)14-2/h3-6,15H,7-8H2,1-2H3,(H,14,18). The van der Waals surface area contributed by atoms with Gasteiger partial charge >= 0.3 is 0 Å². The molecule has 0 aliphatic carbocycles. The highest BCUT2D eigenvalue weighted by Crippen LogP contribution is 2.02. The van der Waals surface area contributed by atoms with Gasteiger partial charge in [-0.15, -0.1) is 0 Å². The zero-order chi connectivity index (χ0) is 13.8. The molecular weight excluding hydrogens is 244 g/mol. The highest BCUT2D eigenvalue weighted by Gasteiger charge is 2.04. The lowest BCUT2D eigenvalue weighted by molar-refractivity contribution is -0.119. The van der Waals surface area contributed by atoms with Gasteiger partial charge in [0.05, 0.1) is 12.2 Å². The third-order valence-corrected chi connectivity index (χ3v) is 2.80. The molecule has 19 heavy (non-hydrogen) atoms. The molecule has 2 aromatic rings. The second-order valence-corrected chi connectivity index (χ2v) is 4.22. The summed E-state index contributed by atoms with van der Waals surface area (Å²) in [5, 5.41) is 5.45. The van der Waals surface area contributed by atoms with E-state index in [1.165, 1.54) is 6.07 Å². The van der Waals surface area contributed by atoms with E-state index in [1.807, 2.05) is 19.1 Å². The zero-order valence-electron chi connectivity index (χ0n) is 10.9. The summed E-state index contributed by atoms with van der Waals surface area (Å²) in [7, 11) is 1.58. The zero-order valence-corrected chi connectivity index (χ0v) is 10.9. The monoisotopic (exact) mass is 260 g/mol. The van der Waals surface area contributed by atoms with Gasteiger partial charge in [0.25, 0.3) is 5.56 Å². The lowest BCUT2D eigenvalue weighted by Gasteiger charge is -2.07. The molecular formula is C13H16N4O2. The quantitative estimate of drug-likeness (QED) is 0.801. The summed E-state index contributed by atoms with van der Waals surface area (Å²) >= 11 is 0. The summed E-state index contributed by atoms with van der Waals surface area (Å²) in [4.78, 5) is 27.4. The molecule has 0 saturated heterocycles. The molecule has 6 nitrogen and oxygen atoms in total. The molecule has 0 aromatic carbocycles. The molecule has 0 saturated carbocycles. The number of fused-ring (bicyclic) bond motifs is 1. The Kier molecular flexibility index (Phi) is 3.91. The Morgan fingerprint density at radius 3 is 2.95 bits per heavy atom. The Morgan fingerprint density at radius 1 is 1.42 bits per heavy atom. The summed E-state index contributed by atoms with van der Waals surface area (Å²) in [5.41, 5.74) is 1.98. The Balaban J connectivity index is 2.22. The maximum atomic E-state index is 12.0. The average molecular weight is 260 g/mol. The van der Waals surface area contributed by atoms with Crippen molar-refractivity contribution < 1.29 is 4.79 Å². The van der Waals surface area contributed by atoms with Crippen LogP contribution in [0, 0.1) is 6.92 Å². The van der Waals surface area contributed by atoms with E-state index in [-0.39, 0.29) is 18.0 Å². The molecule has 0 atom stereocenters. The van der Waals surface area contributed by atoms with E-state index < -0.39 is 0 Å². The van der Waals surface area contributed by atoms with Gasteiger partial charge in [-0.25, -0.2) is 4.98 Å². The van der Waals surface area contributed by atoms with Crippen molar-refractivity contribution >= 4 is 11.6 Å². The van der Waals surface area contributed by atoms with Crippen LogP contribution in [0.5, 0.6) is 0 Å². The number of hydrogen-bond acceptors (Lipinski definition) is 4. The number of rotatable bonds is 4. The van der Waals surface area contributed by atoms with Gasteiger partial charge in [0.2, 0.25) is 5.91 Å². The molecule has 2 heterocycles. The first-order valence-electron chi connectivity index (χ1n) is 6.01. The van der Waals surface area contributed by atoms with E-state index in [0.717, 1.165) is 5.69 Å². The SMILES string of the molecule is CNC(=O)CNCc1cc(=O)n2c(C)cccc2n1. The topological polar surface area (TPSA) is 75.5 Å². The first-order valence-corrected chi connectivity index (χ1v) is 6.01. The van der Waals surface area contributed by atoms with Gasteiger partial charge in [-0.3, -0.25) is 14.0 Å². The number of nitrogens with one attached hydrogen (secondary N) is 2. The van der Waals surface area contributed by atoms with Crippen molar-refractivity contribution in [2.45, 2.75) is 13.5 Å². The second kappa shape index (κ2) is 5.62. The smallest absolute Gasteiger partial charge is 0.258 e. The molecule has 0 aliphatic rings.